The van der Waals surface area contributed by atoms with Gasteiger partial charge >= 0.3 is 0 Å². The van der Waals surface area contributed by atoms with Gasteiger partial charge < -0.3 is 14.0 Å². The zero-order chi connectivity index (χ0) is 20.9. The Morgan fingerprint density at radius 3 is 2.62 bits per heavy atom. The van der Waals surface area contributed by atoms with Crippen molar-refractivity contribution in [2.75, 3.05) is 13.1 Å². The van der Waals surface area contributed by atoms with Gasteiger partial charge in [0, 0.05) is 55.2 Å². The fraction of sp³-hybridized carbons (Fsp3) is 0.583. The molecular formula is C24H33N3O2. The number of aromatic nitrogens is 2. The SMILES string of the molecule is Cc1cc(C(=O)N2C[C@H]3C[C@@H](C2)[C@H](CCC(C)C)n2c3cccc2=O)c(C)n1C. The van der Waals surface area contributed by atoms with Crippen LogP contribution in [0.25, 0.3) is 0 Å². The summed E-state index contributed by atoms with van der Waals surface area (Å²) in [4.78, 5) is 28.2. The van der Waals surface area contributed by atoms with Crippen molar-refractivity contribution in [3.63, 3.8) is 0 Å². The third-order valence-electron chi connectivity index (χ3n) is 7.13. The van der Waals surface area contributed by atoms with Crippen LogP contribution in [-0.2, 0) is 7.05 Å². The molecule has 0 aromatic carbocycles. The summed E-state index contributed by atoms with van der Waals surface area (Å²) in [6.07, 6.45) is 3.16. The van der Waals surface area contributed by atoms with E-state index in [4.69, 9.17) is 0 Å². The lowest BCUT2D eigenvalue weighted by molar-refractivity contribution is 0.0512. The van der Waals surface area contributed by atoms with Gasteiger partial charge in [-0.3, -0.25) is 9.59 Å². The topological polar surface area (TPSA) is 47.2 Å². The summed E-state index contributed by atoms with van der Waals surface area (Å²) < 4.78 is 4.14. The number of piperidine rings is 1. The zero-order valence-corrected chi connectivity index (χ0v) is 18.3. The fourth-order valence-electron chi connectivity index (χ4n) is 5.32. The van der Waals surface area contributed by atoms with Crippen molar-refractivity contribution >= 4 is 5.91 Å². The molecule has 0 radical (unpaired) electrons. The van der Waals surface area contributed by atoms with E-state index in [0.717, 1.165) is 48.5 Å². The number of aryl methyl sites for hydroxylation is 1. The maximum Gasteiger partial charge on any atom is 0.255 e. The number of fused-ring (bicyclic) bond motifs is 4. The monoisotopic (exact) mass is 395 g/mol. The average molecular weight is 396 g/mol. The number of pyridine rings is 1. The van der Waals surface area contributed by atoms with Gasteiger partial charge in [0.05, 0.1) is 5.56 Å². The zero-order valence-electron chi connectivity index (χ0n) is 18.3. The molecule has 156 valence electrons. The third-order valence-corrected chi connectivity index (χ3v) is 7.13. The van der Waals surface area contributed by atoms with Crippen LogP contribution < -0.4 is 5.56 Å². The molecule has 4 heterocycles. The van der Waals surface area contributed by atoms with Gasteiger partial charge in [-0.25, -0.2) is 0 Å². The molecule has 5 nitrogen and oxygen atoms in total. The molecule has 0 N–H and O–H groups in total. The molecule has 2 aromatic rings. The van der Waals surface area contributed by atoms with Gasteiger partial charge in [-0.1, -0.05) is 19.9 Å². The maximum atomic E-state index is 13.4. The Kier molecular flexibility index (Phi) is 5.18. The molecular weight excluding hydrogens is 362 g/mol. The normalized spacial score (nSPS) is 23.4. The lowest BCUT2D eigenvalue weighted by Crippen LogP contribution is -2.51. The highest BCUT2D eigenvalue weighted by molar-refractivity contribution is 5.95. The lowest BCUT2D eigenvalue weighted by Gasteiger charge is -2.47. The Balaban J connectivity index is 1.68. The second-order valence-electron chi connectivity index (χ2n) is 9.44. The summed E-state index contributed by atoms with van der Waals surface area (Å²) in [5.74, 6) is 1.32. The van der Waals surface area contributed by atoms with Crippen molar-refractivity contribution < 1.29 is 4.79 Å². The van der Waals surface area contributed by atoms with Gasteiger partial charge in [-0.15, -0.1) is 0 Å². The van der Waals surface area contributed by atoms with Crippen LogP contribution in [0.15, 0.2) is 29.1 Å². The van der Waals surface area contributed by atoms with Crippen molar-refractivity contribution in [3.05, 3.63) is 57.3 Å². The Hall–Kier alpha value is -2.30. The van der Waals surface area contributed by atoms with Crippen molar-refractivity contribution in [1.29, 1.82) is 0 Å². The highest BCUT2D eigenvalue weighted by atomic mass is 16.2. The predicted octanol–water partition coefficient (Wildman–Crippen LogP) is 4.04. The summed E-state index contributed by atoms with van der Waals surface area (Å²) in [5.41, 5.74) is 4.17. The second-order valence-corrected chi connectivity index (χ2v) is 9.44. The van der Waals surface area contributed by atoms with Crippen LogP contribution in [-0.4, -0.2) is 33.0 Å². The molecule has 1 saturated heterocycles. The highest BCUT2D eigenvalue weighted by Gasteiger charge is 2.42. The first-order valence-corrected chi connectivity index (χ1v) is 10.9. The number of carbonyl (C=O) groups excluding carboxylic acids is 1. The molecule has 2 bridgehead atoms. The fourth-order valence-corrected chi connectivity index (χ4v) is 5.32. The molecule has 2 aliphatic heterocycles. The first-order chi connectivity index (χ1) is 13.8. The molecule has 3 atom stereocenters. The Morgan fingerprint density at radius 1 is 1.21 bits per heavy atom. The van der Waals surface area contributed by atoms with Crippen LogP contribution in [0.5, 0.6) is 0 Å². The van der Waals surface area contributed by atoms with E-state index in [-0.39, 0.29) is 23.4 Å². The number of amides is 1. The van der Waals surface area contributed by atoms with Gasteiger partial charge in [0.2, 0.25) is 0 Å². The first-order valence-electron chi connectivity index (χ1n) is 10.9. The first kappa shape index (κ1) is 20.0. The van der Waals surface area contributed by atoms with Crippen LogP contribution >= 0.6 is 0 Å². The van der Waals surface area contributed by atoms with Crippen molar-refractivity contribution in [3.8, 4) is 0 Å². The molecule has 4 rings (SSSR count). The molecule has 0 spiro atoms. The number of nitrogens with zero attached hydrogens (tertiary/aromatic N) is 3. The number of hydrogen-bond donors (Lipinski definition) is 0. The van der Waals surface area contributed by atoms with Crippen LogP contribution in [0.4, 0.5) is 0 Å². The molecule has 0 saturated carbocycles. The molecule has 0 unspecified atom stereocenters. The van der Waals surface area contributed by atoms with Gasteiger partial charge in [0.15, 0.2) is 0 Å². The van der Waals surface area contributed by atoms with Crippen LogP contribution in [0.2, 0.25) is 0 Å². The minimum absolute atomic E-state index is 0.111. The second kappa shape index (κ2) is 7.51. The number of hydrogen-bond acceptors (Lipinski definition) is 2. The molecule has 1 amide bonds. The van der Waals surface area contributed by atoms with E-state index < -0.39 is 0 Å². The summed E-state index contributed by atoms with van der Waals surface area (Å²) in [6.45, 7) is 9.97. The van der Waals surface area contributed by atoms with E-state index in [1.807, 2.05) is 37.9 Å². The minimum atomic E-state index is 0.111. The molecule has 0 aliphatic carbocycles. The number of likely N-dealkylation sites (tertiary alicyclic amines) is 1. The van der Waals surface area contributed by atoms with E-state index in [2.05, 4.69) is 29.0 Å². The molecule has 1 fully saturated rings. The van der Waals surface area contributed by atoms with Gasteiger partial charge in [-0.2, -0.15) is 0 Å². The Bertz CT molecular complexity index is 984. The summed E-state index contributed by atoms with van der Waals surface area (Å²) in [7, 11) is 2.01. The number of rotatable bonds is 4. The molecule has 2 aliphatic rings. The summed E-state index contributed by atoms with van der Waals surface area (Å²) >= 11 is 0. The molecule has 5 heteroatoms. The number of carbonyl (C=O) groups is 1. The van der Waals surface area contributed by atoms with E-state index >= 15 is 0 Å². The standard InChI is InChI=1S/C24H33N3O2/c1-15(2)9-10-22-19-12-18(21-7-6-8-23(28)27(21)22)13-26(14-19)24(29)20-11-16(3)25(5)17(20)4/h6-8,11,15,18-19,22H,9-10,12-14H2,1-5H3/t18-,19+,22+/m1/s1. The Morgan fingerprint density at radius 2 is 1.97 bits per heavy atom. The van der Waals surface area contributed by atoms with Gasteiger partial charge in [0.25, 0.3) is 11.5 Å². The van der Waals surface area contributed by atoms with E-state index in [1.165, 1.54) is 0 Å². The average Bonchev–Trinajstić information content (AvgIpc) is 2.94. The summed E-state index contributed by atoms with van der Waals surface area (Å²) in [5, 5.41) is 0. The van der Waals surface area contributed by atoms with Crippen molar-refractivity contribution in [2.45, 2.75) is 58.9 Å². The van der Waals surface area contributed by atoms with Crippen LogP contribution in [0, 0.1) is 25.7 Å². The van der Waals surface area contributed by atoms with Crippen molar-refractivity contribution in [1.82, 2.24) is 14.0 Å². The molecule has 29 heavy (non-hydrogen) atoms. The van der Waals surface area contributed by atoms with Gasteiger partial charge in [0.1, 0.15) is 0 Å². The van der Waals surface area contributed by atoms with E-state index in [1.54, 1.807) is 6.07 Å². The smallest absolute Gasteiger partial charge is 0.255 e. The van der Waals surface area contributed by atoms with Crippen molar-refractivity contribution in [2.24, 2.45) is 18.9 Å². The molecule has 2 aromatic heterocycles. The maximum absolute atomic E-state index is 13.4. The minimum Gasteiger partial charge on any atom is -0.351 e. The van der Waals surface area contributed by atoms with E-state index in [9.17, 15) is 9.59 Å². The largest absolute Gasteiger partial charge is 0.351 e. The lowest BCUT2D eigenvalue weighted by atomic mass is 9.76. The van der Waals surface area contributed by atoms with Gasteiger partial charge in [-0.05, 0) is 57.1 Å². The summed E-state index contributed by atoms with van der Waals surface area (Å²) in [6, 6.07) is 7.85. The third kappa shape index (κ3) is 3.45. The van der Waals surface area contributed by atoms with Crippen LogP contribution in [0.3, 0.4) is 0 Å². The highest BCUT2D eigenvalue weighted by Crippen LogP contribution is 2.43. The quantitative estimate of drug-likeness (QED) is 0.784. The van der Waals surface area contributed by atoms with Crippen LogP contribution in [0.1, 0.15) is 72.5 Å². The predicted molar refractivity (Wildman–Crippen MR) is 115 cm³/mol. The van der Waals surface area contributed by atoms with E-state index in [0.29, 0.717) is 18.4 Å². The Labute approximate surface area is 173 Å².